The SMILES string of the molecule is C=C(C)[C@H]1CC=C(C)/C(=N/NC(=O)COc2ccc(C(=O)OCC)cc2)C1. The molecule has 0 fully saturated rings. The number of rotatable bonds is 7. The van der Waals surface area contributed by atoms with E-state index in [1.54, 1.807) is 31.2 Å². The standard InChI is InChI=1S/C21H26N2O4/c1-5-26-21(25)16-8-10-18(11-9-16)27-13-20(24)23-22-19-12-17(14(2)3)7-6-15(19)4/h6,8-11,17H,2,5,7,12-13H2,1,3-4H3,(H,23,24)/b22-19+/t17-/m0/s1. The van der Waals surface area contributed by atoms with Gasteiger partial charge in [-0.25, -0.2) is 10.2 Å². The molecule has 0 unspecified atom stereocenters. The van der Waals surface area contributed by atoms with Crippen LogP contribution in [0.25, 0.3) is 0 Å². The Morgan fingerprint density at radius 3 is 2.63 bits per heavy atom. The van der Waals surface area contributed by atoms with Crippen LogP contribution in [-0.4, -0.2) is 30.8 Å². The number of esters is 1. The van der Waals surface area contributed by atoms with E-state index in [1.165, 1.54) is 0 Å². The first-order valence-electron chi connectivity index (χ1n) is 8.98. The number of amides is 1. The molecule has 1 aromatic carbocycles. The van der Waals surface area contributed by atoms with E-state index < -0.39 is 0 Å². The van der Waals surface area contributed by atoms with Gasteiger partial charge in [0.15, 0.2) is 6.61 Å². The highest BCUT2D eigenvalue weighted by Crippen LogP contribution is 2.26. The molecular weight excluding hydrogens is 344 g/mol. The van der Waals surface area contributed by atoms with E-state index in [2.05, 4.69) is 23.2 Å². The molecular formula is C21H26N2O4. The van der Waals surface area contributed by atoms with Crippen LogP contribution < -0.4 is 10.2 Å². The van der Waals surface area contributed by atoms with Gasteiger partial charge >= 0.3 is 5.97 Å². The third kappa shape index (κ3) is 6.09. The van der Waals surface area contributed by atoms with Gasteiger partial charge in [0.2, 0.25) is 0 Å². The second-order valence-corrected chi connectivity index (χ2v) is 6.50. The van der Waals surface area contributed by atoms with Gasteiger partial charge in [-0.1, -0.05) is 18.2 Å². The van der Waals surface area contributed by atoms with Gasteiger partial charge in [-0.3, -0.25) is 4.79 Å². The molecule has 0 aromatic heterocycles. The summed E-state index contributed by atoms with van der Waals surface area (Å²) in [6, 6.07) is 6.44. The molecule has 1 aliphatic rings. The minimum atomic E-state index is -0.387. The molecule has 1 N–H and O–H groups in total. The first kappa shape index (κ1) is 20.4. The molecule has 1 atom stereocenters. The molecule has 0 heterocycles. The van der Waals surface area contributed by atoms with E-state index in [0.29, 0.717) is 23.8 Å². The summed E-state index contributed by atoms with van der Waals surface area (Å²) in [6.07, 6.45) is 3.85. The number of nitrogens with one attached hydrogen (secondary N) is 1. The van der Waals surface area contributed by atoms with Crippen LogP contribution in [0.1, 0.15) is 44.0 Å². The van der Waals surface area contributed by atoms with Crippen molar-refractivity contribution in [2.24, 2.45) is 11.0 Å². The van der Waals surface area contributed by atoms with Crippen molar-refractivity contribution in [2.45, 2.75) is 33.6 Å². The van der Waals surface area contributed by atoms with Crippen molar-refractivity contribution in [3.8, 4) is 5.75 Å². The van der Waals surface area contributed by atoms with E-state index in [4.69, 9.17) is 9.47 Å². The van der Waals surface area contributed by atoms with Gasteiger partial charge in [0.1, 0.15) is 5.75 Å². The van der Waals surface area contributed by atoms with Gasteiger partial charge in [0, 0.05) is 0 Å². The second kappa shape index (κ2) is 9.71. The average molecular weight is 370 g/mol. The first-order chi connectivity index (χ1) is 12.9. The van der Waals surface area contributed by atoms with Crippen LogP contribution in [0, 0.1) is 5.92 Å². The molecule has 0 spiro atoms. The highest BCUT2D eigenvalue weighted by Gasteiger charge is 2.18. The maximum atomic E-state index is 12.0. The number of ether oxygens (including phenoxy) is 2. The summed E-state index contributed by atoms with van der Waals surface area (Å²) < 4.78 is 10.3. The number of carbonyl (C=O) groups is 2. The molecule has 6 nitrogen and oxygen atoms in total. The zero-order valence-electron chi connectivity index (χ0n) is 16.1. The normalized spacial score (nSPS) is 17.8. The van der Waals surface area contributed by atoms with Crippen LogP contribution in [0.2, 0.25) is 0 Å². The smallest absolute Gasteiger partial charge is 0.338 e. The van der Waals surface area contributed by atoms with Crippen molar-refractivity contribution < 1.29 is 19.1 Å². The number of carbonyl (C=O) groups excluding carboxylic acids is 2. The maximum absolute atomic E-state index is 12.0. The van der Waals surface area contributed by atoms with E-state index in [9.17, 15) is 9.59 Å². The maximum Gasteiger partial charge on any atom is 0.338 e. The Balaban J connectivity index is 1.85. The van der Waals surface area contributed by atoms with Crippen molar-refractivity contribution in [1.82, 2.24) is 5.43 Å². The predicted octanol–water partition coefficient (Wildman–Crippen LogP) is 3.65. The van der Waals surface area contributed by atoms with Gasteiger partial charge in [-0.15, -0.1) is 0 Å². The van der Waals surface area contributed by atoms with Crippen LogP contribution in [0.5, 0.6) is 5.75 Å². The van der Waals surface area contributed by atoms with E-state index in [1.807, 2.05) is 13.8 Å². The molecule has 6 heteroatoms. The van der Waals surface area contributed by atoms with Gasteiger partial charge in [0.25, 0.3) is 5.91 Å². The van der Waals surface area contributed by atoms with Gasteiger partial charge in [-0.05, 0) is 69.4 Å². The van der Waals surface area contributed by atoms with E-state index >= 15 is 0 Å². The molecule has 0 bridgehead atoms. The number of hydrogen-bond acceptors (Lipinski definition) is 5. The Kier molecular flexibility index (Phi) is 7.34. The van der Waals surface area contributed by atoms with Crippen LogP contribution in [0.3, 0.4) is 0 Å². The quantitative estimate of drug-likeness (QED) is 0.451. The topological polar surface area (TPSA) is 77.0 Å². The highest BCUT2D eigenvalue weighted by molar-refractivity contribution is 6.01. The minimum Gasteiger partial charge on any atom is -0.484 e. The molecule has 144 valence electrons. The minimum absolute atomic E-state index is 0.164. The molecule has 0 saturated carbocycles. The highest BCUT2D eigenvalue weighted by atomic mass is 16.5. The fourth-order valence-electron chi connectivity index (χ4n) is 2.64. The van der Waals surface area contributed by atoms with Crippen molar-refractivity contribution >= 4 is 17.6 Å². The lowest BCUT2D eigenvalue weighted by atomic mass is 9.85. The van der Waals surface area contributed by atoms with E-state index in [-0.39, 0.29) is 18.5 Å². The molecule has 2 rings (SSSR count). The Bertz CT molecular complexity index is 763. The zero-order chi connectivity index (χ0) is 19.8. The predicted molar refractivity (Wildman–Crippen MR) is 105 cm³/mol. The third-order valence-electron chi connectivity index (χ3n) is 4.35. The summed E-state index contributed by atoms with van der Waals surface area (Å²) in [5.74, 6) is 0.115. The van der Waals surface area contributed by atoms with Crippen molar-refractivity contribution in [3.63, 3.8) is 0 Å². The Labute approximate surface area is 159 Å². The molecule has 0 aliphatic heterocycles. The Hall–Kier alpha value is -2.89. The average Bonchev–Trinajstić information content (AvgIpc) is 2.66. The number of benzene rings is 1. The second-order valence-electron chi connectivity index (χ2n) is 6.50. The number of hydrazone groups is 1. The molecule has 27 heavy (non-hydrogen) atoms. The summed E-state index contributed by atoms with van der Waals surface area (Å²) in [7, 11) is 0. The monoisotopic (exact) mass is 370 g/mol. The van der Waals surface area contributed by atoms with Crippen molar-refractivity contribution in [3.05, 3.63) is 53.6 Å². The lowest BCUT2D eigenvalue weighted by Crippen LogP contribution is -2.27. The van der Waals surface area contributed by atoms with Gasteiger partial charge in [0.05, 0.1) is 17.9 Å². The molecule has 1 aliphatic carbocycles. The Morgan fingerprint density at radius 2 is 2.00 bits per heavy atom. The molecule has 1 amide bonds. The molecule has 1 aromatic rings. The largest absolute Gasteiger partial charge is 0.484 e. The van der Waals surface area contributed by atoms with Crippen molar-refractivity contribution in [1.29, 1.82) is 0 Å². The summed E-state index contributed by atoms with van der Waals surface area (Å²) in [4.78, 5) is 23.6. The van der Waals surface area contributed by atoms with Crippen LogP contribution in [0.4, 0.5) is 0 Å². The van der Waals surface area contributed by atoms with Gasteiger partial charge < -0.3 is 9.47 Å². The molecule has 0 radical (unpaired) electrons. The number of hydrogen-bond donors (Lipinski definition) is 1. The lowest BCUT2D eigenvalue weighted by molar-refractivity contribution is -0.123. The Morgan fingerprint density at radius 1 is 1.30 bits per heavy atom. The molecule has 0 saturated heterocycles. The fraction of sp³-hybridized carbons (Fsp3) is 0.381. The fourth-order valence-corrected chi connectivity index (χ4v) is 2.64. The van der Waals surface area contributed by atoms with Crippen LogP contribution in [0.15, 0.2) is 53.2 Å². The first-order valence-corrected chi connectivity index (χ1v) is 8.98. The number of nitrogens with zero attached hydrogens (tertiary/aromatic N) is 1. The summed E-state index contributed by atoms with van der Waals surface area (Å²) in [5, 5.41) is 4.23. The zero-order valence-corrected chi connectivity index (χ0v) is 16.1. The summed E-state index contributed by atoms with van der Waals surface area (Å²) in [5.41, 5.74) is 6.03. The lowest BCUT2D eigenvalue weighted by Gasteiger charge is -2.22. The van der Waals surface area contributed by atoms with Crippen molar-refractivity contribution in [2.75, 3.05) is 13.2 Å². The van der Waals surface area contributed by atoms with Crippen LogP contribution in [-0.2, 0) is 9.53 Å². The summed E-state index contributed by atoms with van der Waals surface area (Å²) >= 11 is 0. The number of allylic oxidation sites excluding steroid dienone is 3. The van der Waals surface area contributed by atoms with Crippen LogP contribution >= 0.6 is 0 Å². The van der Waals surface area contributed by atoms with Gasteiger partial charge in [-0.2, -0.15) is 5.10 Å². The summed E-state index contributed by atoms with van der Waals surface area (Å²) in [6.45, 7) is 9.91. The van der Waals surface area contributed by atoms with E-state index in [0.717, 1.165) is 29.7 Å². The third-order valence-corrected chi connectivity index (χ3v) is 4.35.